The first-order valence-electron chi connectivity index (χ1n) is 7.19. The van der Waals surface area contributed by atoms with E-state index < -0.39 is 0 Å². The average Bonchev–Trinajstić information content (AvgIpc) is 2.46. The predicted octanol–water partition coefficient (Wildman–Crippen LogP) is 3.43. The molecule has 0 aliphatic carbocycles. The lowest BCUT2D eigenvalue weighted by molar-refractivity contribution is 0.0527. The number of hydrogen-bond acceptors (Lipinski definition) is 5. The first-order valence-corrected chi connectivity index (χ1v) is 8.62. The molecule has 0 amide bonds. The molecule has 1 aromatic carbocycles. The number of anilines is 2. The fraction of sp³-hybridized carbons (Fsp3) is 0.533. The van der Waals surface area contributed by atoms with Crippen LogP contribution in [0.1, 0.15) is 30.6 Å². The molecule has 2 rings (SSSR count). The lowest BCUT2D eigenvalue weighted by Crippen LogP contribution is -2.38. The summed E-state index contributed by atoms with van der Waals surface area (Å²) in [5.74, 6) is 0.662. The molecule has 1 aliphatic rings. The Bertz CT molecular complexity index is 525. The SMILES string of the molecule is CCOC(=O)c1cc(N)cc(Cl)c1N1CCSC(CC)C1. The smallest absolute Gasteiger partial charge is 0.340 e. The third-order valence-electron chi connectivity index (χ3n) is 3.49. The minimum atomic E-state index is -0.368. The number of ether oxygens (including phenoxy) is 1. The van der Waals surface area contributed by atoms with Crippen LogP contribution >= 0.6 is 23.4 Å². The molecule has 0 radical (unpaired) electrons. The molecular weight excluding hydrogens is 308 g/mol. The number of nitrogens with two attached hydrogens (primary N) is 1. The maximum Gasteiger partial charge on any atom is 0.340 e. The van der Waals surface area contributed by atoms with E-state index >= 15 is 0 Å². The third kappa shape index (κ3) is 3.77. The molecule has 0 bridgehead atoms. The highest BCUT2D eigenvalue weighted by atomic mass is 35.5. The van der Waals surface area contributed by atoms with Crippen LogP contribution in [0.15, 0.2) is 12.1 Å². The summed E-state index contributed by atoms with van der Waals surface area (Å²) in [7, 11) is 0. The summed E-state index contributed by atoms with van der Waals surface area (Å²) in [4.78, 5) is 14.4. The Morgan fingerprint density at radius 2 is 2.29 bits per heavy atom. The third-order valence-corrected chi connectivity index (χ3v) is 5.15. The molecule has 1 unspecified atom stereocenters. The van der Waals surface area contributed by atoms with E-state index in [-0.39, 0.29) is 5.97 Å². The van der Waals surface area contributed by atoms with Gasteiger partial charge in [-0.3, -0.25) is 0 Å². The van der Waals surface area contributed by atoms with E-state index in [0.717, 1.165) is 31.0 Å². The Hall–Kier alpha value is -1.07. The fourth-order valence-electron chi connectivity index (χ4n) is 2.48. The number of hydrogen-bond donors (Lipinski definition) is 1. The van der Waals surface area contributed by atoms with Crippen LogP contribution in [0.25, 0.3) is 0 Å². The van der Waals surface area contributed by atoms with Crippen molar-refractivity contribution in [3.63, 3.8) is 0 Å². The Kier molecular flexibility index (Phi) is 5.65. The van der Waals surface area contributed by atoms with Crippen molar-refractivity contribution in [3.05, 3.63) is 22.7 Å². The molecule has 1 aromatic rings. The Morgan fingerprint density at radius 1 is 1.52 bits per heavy atom. The summed E-state index contributed by atoms with van der Waals surface area (Å²) < 4.78 is 5.14. The fourth-order valence-corrected chi connectivity index (χ4v) is 4.00. The van der Waals surface area contributed by atoms with Crippen LogP contribution < -0.4 is 10.6 Å². The first-order chi connectivity index (χ1) is 10.1. The topological polar surface area (TPSA) is 55.6 Å². The van der Waals surface area contributed by atoms with Gasteiger partial charge in [0.05, 0.1) is 22.9 Å². The number of rotatable bonds is 4. The van der Waals surface area contributed by atoms with Gasteiger partial charge in [-0.25, -0.2) is 4.79 Å². The molecule has 0 saturated carbocycles. The molecule has 1 atom stereocenters. The highest BCUT2D eigenvalue weighted by molar-refractivity contribution is 8.00. The minimum Gasteiger partial charge on any atom is -0.462 e. The van der Waals surface area contributed by atoms with Crippen LogP contribution in [0.3, 0.4) is 0 Å². The van der Waals surface area contributed by atoms with Crippen LogP contribution in [-0.2, 0) is 4.74 Å². The summed E-state index contributed by atoms with van der Waals surface area (Å²) in [5.41, 5.74) is 7.52. The molecule has 6 heteroatoms. The van der Waals surface area contributed by atoms with Crippen LogP contribution in [0.5, 0.6) is 0 Å². The molecule has 1 saturated heterocycles. The van der Waals surface area contributed by atoms with E-state index in [2.05, 4.69) is 11.8 Å². The lowest BCUT2D eigenvalue weighted by atomic mass is 10.1. The van der Waals surface area contributed by atoms with Gasteiger partial charge in [-0.15, -0.1) is 0 Å². The Morgan fingerprint density at radius 3 is 2.95 bits per heavy atom. The molecule has 2 N–H and O–H groups in total. The molecule has 21 heavy (non-hydrogen) atoms. The second kappa shape index (κ2) is 7.27. The second-order valence-corrected chi connectivity index (χ2v) is 6.78. The molecule has 0 aromatic heterocycles. The average molecular weight is 329 g/mol. The summed E-state index contributed by atoms with van der Waals surface area (Å²) in [6, 6.07) is 3.35. The van der Waals surface area contributed by atoms with Crippen molar-refractivity contribution >= 4 is 40.7 Å². The van der Waals surface area contributed by atoms with Crippen molar-refractivity contribution in [2.24, 2.45) is 0 Å². The molecule has 1 aliphatic heterocycles. The van der Waals surface area contributed by atoms with E-state index in [1.165, 1.54) is 0 Å². The van der Waals surface area contributed by atoms with Crippen LogP contribution in [0.4, 0.5) is 11.4 Å². The second-order valence-electron chi connectivity index (χ2n) is 4.97. The van der Waals surface area contributed by atoms with Crippen molar-refractivity contribution in [2.75, 3.05) is 36.1 Å². The van der Waals surface area contributed by atoms with Crippen molar-refractivity contribution in [1.29, 1.82) is 0 Å². The highest BCUT2D eigenvalue weighted by Gasteiger charge is 2.26. The zero-order valence-electron chi connectivity index (χ0n) is 12.4. The predicted molar refractivity (Wildman–Crippen MR) is 90.6 cm³/mol. The van der Waals surface area contributed by atoms with Gasteiger partial charge in [0.15, 0.2) is 0 Å². The number of carbonyl (C=O) groups is 1. The van der Waals surface area contributed by atoms with Gasteiger partial charge < -0.3 is 15.4 Å². The number of esters is 1. The van der Waals surface area contributed by atoms with Gasteiger partial charge in [0, 0.05) is 29.8 Å². The first kappa shape index (κ1) is 16.3. The number of thioether (sulfide) groups is 1. The quantitative estimate of drug-likeness (QED) is 0.678. The molecule has 1 fully saturated rings. The van der Waals surface area contributed by atoms with Crippen LogP contribution in [0.2, 0.25) is 5.02 Å². The standard InChI is InChI=1S/C15H21ClN2O2S/c1-3-11-9-18(5-6-21-11)14-12(15(19)20-4-2)7-10(17)8-13(14)16/h7-8,11H,3-6,9,17H2,1-2H3. The summed E-state index contributed by atoms with van der Waals surface area (Å²) in [6.45, 7) is 6.06. The van der Waals surface area contributed by atoms with E-state index in [1.54, 1.807) is 19.1 Å². The lowest BCUT2D eigenvalue weighted by Gasteiger charge is -2.35. The Labute approximate surface area is 135 Å². The van der Waals surface area contributed by atoms with Crippen molar-refractivity contribution < 1.29 is 9.53 Å². The van der Waals surface area contributed by atoms with Gasteiger partial charge in [-0.05, 0) is 25.5 Å². The summed E-state index contributed by atoms with van der Waals surface area (Å²) in [6.07, 6.45) is 1.10. The minimum absolute atomic E-state index is 0.331. The van der Waals surface area contributed by atoms with Crippen molar-refractivity contribution in [3.8, 4) is 0 Å². The summed E-state index contributed by atoms with van der Waals surface area (Å²) >= 11 is 8.34. The van der Waals surface area contributed by atoms with Gasteiger partial charge in [0.2, 0.25) is 0 Å². The van der Waals surface area contributed by atoms with E-state index in [0.29, 0.717) is 28.1 Å². The van der Waals surface area contributed by atoms with E-state index in [4.69, 9.17) is 22.1 Å². The molecule has 4 nitrogen and oxygen atoms in total. The van der Waals surface area contributed by atoms with E-state index in [9.17, 15) is 4.79 Å². The van der Waals surface area contributed by atoms with Gasteiger partial charge >= 0.3 is 5.97 Å². The maximum atomic E-state index is 12.2. The van der Waals surface area contributed by atoms with Crippen molar-refractivity contribution in [2.45, 2.75) is 25.5 Å². The zero-order valence-corrected chi connectivity index (χ0v) is 14.0. The van der Waals surface area contributed by atoms with E-state index in [1.807, 2.05) is 11.8 Å². The molecule has 0 spiro atoms. The van der Waals surface area contributed by atoms with Crippen LogP contribution in [0, 0.1) is 0 Å². The monoisotopic (exact) mass is 328 g/mol. The number of carbonyl (C=O) groups excluding carboxylic acids is 1. The molecule has 1 heterocycles. The molecule has 116 valence electrons. The van der Waals surface area contributed by atoms with Crippen molar-refractivity contribution in [1.82, 2.24) is 0 Å². The van der Waals surface area contributed by atoms with Gasteiger partial charge in [-0.1, -0.05) is 18.5 Å². The molecular formula is C15H21ClN2O2S. The maximum absolute atomic E-state index is 12.2. The highest BCUT2D eigenvalue weighted by Crippen LogP contribution is 2.36. The van der Waals surface area contributed by atoms with Gasteiger partial charge in [0.1, 0.15) is 0 Å². The number of nitrogen functional groups attached to an aromatic ring is 1. The number of benzene rings is 1. The summed E-state index contributed by atoms with van der Waals surface area (Å²) in [5, 5.41) is 1.07. The number of halogens is 1. The zero-order chi connectivity index (χ0) is 15.4. The number of nitrogens with zero attached hydrogens (tertiary/aromatic N) is 1. The van der Waals surface area contributed by atoms with Gasteiger partial charge in [-0.2, -0.15) is 11.8 Å². The normalized spacial score (nSPS) is 18.6. The largest absolute Gasteiger partial charge is 0.462 e. The van der Waals surface area contributed by atoms with Crippen LogP contribution in [-0.4, -0.2) is 36.7 Å². The Balaban J connectivity index is 2.38. The van der Waals surface area contributed by atoms with Gasteiger partial charge in [0.25, 0.3) is 0 Å².